The van der Waals surface area contributed by atoms with Crippen LogP contribution in [0.25, 0.3) is 5.69 Å². The second kappa shape index (κ2) is 5.76. The van der Waals surface area contributed by atoms with Gasteiger partial charge in [-0.2, -0.15) is 5.10 Å². The summed E-state index contributed by atoms with van der Waals surface area (Å²) in [7, 11) is 0. The molecule has 0 bridgehead atoms. The molecule has 2 aromatic rings. The summed E-state index contributed by atoms with van der Waals surface area (Å²) in [5.74, 6) is -1.29. The maximum Gasteiger partial charge on any atom is 0.356 e. The van der Waals surface area contributed by atoms with E-state index in [1.807, 2.05) is 0 Å². The molecular weight excluding hydrogens is 316 g/mol. The number of carboxylic acid groups (broad SMARTS) is 1. The quantitative estimate of drug-likeness (QED) is 0.671. The van der Waals surface area contributed by atoms with E-state index in [0.717, 1.165) is 0 Å². The highest BCUT2D eigenvalue weighted by Gasteiger charge is 2.29. The molecule has 0 aliphatic carbocycles. The van der Waals surface area contributed by atoms with Gasteiger partial charge in [0.2, 0.25) is 5.91 Å². The number of hydrogen-bond acceptors (Lipinski definition) is 5. The fraction of sp³-hybridized carbons (Fsp3) is 0.267. The Morgan fingerprint density at radius 3 is 2.50 bits per heavy atom. The number of carboxylic acids is 1. The monoisotopic (exact) mass is 330 g/mol. The molecule has 24 heavy (non-hydrogen) atoms. The Morgan fingerprint density at radius 1 is 1.29 bits per heavy atom. The first-order valence-electron chi connectivity index (χ1n) is 7.23. The van der Waals surface area contributed by atoms with E-state index < -0.39 is 10.9 Å². The summed E-state index contributed by atoms with van der Waals surface area (Å²) in [5.41, 5.74) is 1.59. The summed E-state index contributed by atoms with van der Waals surface area (Å²) in [6, 6.07) is 5.73. The summed E-state index contributed by atoms with van der Waals surface area (Å²) >= 11 is 0. The van der Waals surface area contributed by atoms with Crippen molar-refractivity contribution < 1.29 is 19.6 Å². The largest absolute Gasteiger partial charge is 0.476 e. The predicted molar refractivity (Wildman–Crippen MR) is 82.0 cm³/mol. The van der Waals surface area contributed by atoms with Gasteiger partial charge < -0.3 is 10.0 Å². The van der Waals surface area contributed by atoms with Gasteiger partial charge in [-0.1, -0.05) is 0 Å². The number of aromatic nitrogens is 2. The molecule has 1 N–H and O–H groups in total. The fourth-order valence-electron chi connectivity index (χ4n) is 2.79. The van der Waals surface area contributed by atoms with E-state index in [4.69, 9.17) is 0 Å². The molecule has 1 amide bonds. The van der Waals surface area contributed by atoms with Crippen LogP contribution in [0.2, 0.25) is 0 Å². The molecular formula is C15H14N4O5. The van der Waals surface area contributed by atoms with Crippen LogP contribution >= 0.6 is 0 Å². The number of amides is 1. The van der Waals surface area contributed by atoms with Crippen LogP contribution < -0.4 is 0 Å². The number of rotatable bonds is 3. The molecule has 2 heterocycles. The van der Waals surface area contributed by atoms with E-state index in [-0.39, 0.29) is 23.8 Å². The second-order valence-electron chi connectivity index (χ2n) is 5.45. The zero-order valence-corrected chi connectivity index (χ0v) is 12.8. The van der Waals surface area contributed by atoms with Gasteiger partial charge in [0.1, 0.15) is 0 Å². The number of carbonyl (C=O) groups excluding carboxylic acids is 1. The van der Waals surface area contributed by atoms with Gasteiger partial charge in [0.25, 0.3) is 5.69 Å². The molecule has 1 aromatic carbocycles. The molecule has 9 heteroatoms. The number of aromatic carboxylic acids is 1. The van der Waals surface area contributed by atoms with Crippen LogP contribution in [-0.2, 0) is 17.8 Å². The van der Waals surface area contributed by atoms with E-state index in [9.17, 15) is 24.8 Å². The van der Waals surface area contributed by atoms with Crippen LogP contribution in [0.5, 0.6) is 0 Å². The molecule has 0 radical (unpaired) electrons. The standard InChI is InChI=1S/C15H14N4O5/c1-9(20)17-7-6-13-12(8-17)14(15(21)22)16-18(13)10-2-4-11(5-3-10)19(23)24/h2-5H,6-8H2,1H3,(H,21,22). The van der Waals surface area contributed by atoms with E-state index in [1.165, 1.54) is 35.9 Å². The maximum atomic E-state index is 11.6. The molecule has 0 fully saturated rings. The van der Waals surface area contributed by atoms with Gasteiger partial charge in [-0.15, -0.1) is 0 Å². The Morgan fingerprint density at radius 2 is 1.96 bits per heavy atom. The molecule has 1 aliphatic heterocycles. The zero-order valence-electron chi connectivity index (χ0n) is 12.8. The average Bonchev–Trinajstić information content (AvgIpc) is 2.93. The Kier molecular flexibility index (Phi) is 3.76. The number of hydrogen-bond donors (Lipinski definition) is 1. The van der Waals surface area contributed by atoms with Crippen molar-refractivity contribution in [3.63, 3.8) is 0 Å². The van der Waals surface area contributed by atoms with Crippen LogP contribution in [0.4, 0.5) is 5.69 Å². The van der Waals surface area contributed by atoms with Crippen molar-refractivity contribution in [1.82, 2.24) is 14.7 Å². The summed E-state index contributed by atoms with van der Waals surface area (Å²) in [5, 5.41) is 24.3. The summed E-state index contributed by atoms with van der Waals surface area (Å²) < 4.78 is 1.49. The second-order valence-corrected chi connectivity index (χ2v) is 5.45. The minimum absolute atomic E-state index is 0.0546. The zero-order chi connectivity index (χ0) is 17.4. The fourth-order valence-corrected chi connectivity index (χ4v) is 2.79. The number of carbonyl (C=O) groups is 2. The van der Waals surface area contributed by atoms with Crippen LogP contribution in [-0.4, -0.2) is 43.1 Å². The van der Waals surface area contributed by atoms with Crippen LogP contribution in [0.3, 0.4) is 0 Å². The van der Waals surface area contributed by atoms with Gasteiger partial charge in [-0.3, -0.25) is 14.9 Å². The summed E-state index contributed by atoms with van der Waals surface area (Å²) in [6.45, 7) is 2.10. The third kappa shape index (κ3) is 2.60. The smallest absolute Gasteiger partial charge is 0.356 e. The third-order valence-electron chi connectivity index (χ3n) is 4.01. The first kappa shape index (κ1) is 15.7. The van der Waals surface area contributed by atoms with E-state index in [0.29, 0.717) is 29.9 Å². The first-order chi connectivity index (χ1) is 11.4. The molecule has 1 aliphatic rings. The van der Waals surface area contributed by atoms with Crippen LogP contribution in [0, 0.1) is 10.1 Å². The number of fused-ring (bicyclic) bond motifs is 1. The molecule has 0 saturated heterocycles. The van der Waals surface area contributed by atoms with Crippen molar-refractivity contribution in [2.24, 2.45) is 0 Å². The van der Waals surface area contributed by atoms with Crippen molar-refractivity contribution in [3.05, 3.63) is 51.3 Å². The van der Waals surface area contributed by atoms with Crippen molar-refractivity contribution in [2.75, 3.05) is 6.54 Å². The van der Waals surface area contributed by atoms with Crippen LogP contribution in [0.1, 0.15) is 28.7 Å². The normalized spacial score (nSPS) is 13.5. The topological polar surface area (TPSA) is 119 Å². The van der Waals surface area contributed by atoms with Gasteiger partial charge >= 0.3 is 5.97 Å². The van der Waals surface area contributed by atoms with Crippen LogP contribution in [0.15, 0.2) is 24.3 Å². The molecule has 124 valence electrons. The van der Waals surface area contributed by atoms with Crippen molar-refractivity contribution in [1.29, 1.82) is 0 Å². The molecule has 9 nitrogen and oxygen atoms in total. The number of benzene rings is 1. The lowest BCUT2D eigenvalue weighted by molar-refractivity contribution is -0.384. The molecule has 0 spiro atoms. The summed E-state index contributed by atoms with van der Waals surface area (Å²) in [4.78, 5) is 34.8. The SMILES string of the molecule is CC(=O)N1CCc2c(c(C(=O)O)nn2-c2ccc([N+](=O)[O-])cc2)C1. The van der Waals surface area contributed by atoms with Gasteiger partial charge in [-0.25, -0.2) is 9.48 Å². The molecule has 1 aromatic heterocycles. The van der Waals surface area contributed by atoms with Crippen molar-refractivity contribution in [3.8, 4) is 5.69 Å². The number of non-ortho nitro benzene ring substituents is 1. The number of nitro benzene ring substituents is 1. The minimum atomic E-state index is -1.17. The van der Waals surface area contributed by atoms with E-state index in [1.54, 1.807) is 4.90 Å². The molecule has 0 unspecified atom stereocenters. The lowest BCUT2D eigenvalue weighted by Gasteiger charge is -2.26. The van der Waals surface area contributed by atoms with E-state index >= 15 is 0 Å². The first-order valence-corrected chi connectivity index (χ1v) is 7.23. The summed E-state index contributed by atoms with van der Waals surface area (Å²) in [6.07, 6.45) is 0.464. The minimum Gasteiger partial charge on any atom is -0.476 e. The van der Waals surface area contributed by atoms with Gasteiger partial charge in [0, 0.05) is 44.1 Å². The molecule has 0 saturated carbocycles. The Balaban J connectivity index is 2.07. The van der Waals surface area contributed by atoms with Crippen molar-refractivity contribution in [2.45, 2.75) is 19.9 Å². The molecule has 3 rings (SSSR count). The lowest BCUT2D eigenvalue weighted by atomic mass is 10.0. The highest BCUT2D eigenvalue weighted by Crippen LogP contribution is 2.26. The predicted octanol–water partition coefficient (Wildman–Crippen LogP) is 1.38. The van der Waals surface area contributed by atoms with Crippen molar-refractivity contribution >= 4 is 17.6 Å². The van der Waals surface area contributed by atoms with E-state index in [2.05, 4.69) is 5.10 Å². The highest BCUT2D eigenvalue weighted by atomic mass is 16.6. The Hall–Kier alpha value is -3.23. The number of nitrogens with zero attached hydrogens (tertiary/aromatic N) is 4. The van der Waals surface area contributed by atoms with Gasteiger partial charge in [-0.05, 0) is 12.1 Å². The lowest BCUT2D eigenvalue weighted by Crippen LogP contribution is -2.35. The Labute approximate surface area is 136 Å². The third-order valence-corrected chi connectivity index (χ3v) is 4.01. The van der Waals surface area contributed by atoms with Gasteiger partial charge in [0.05, 0.1) is 16.3 Å². The molecule has 0 atom stereocenters. The average molecular weight is 330 g/mol. The highest BCUT2D eigenvalue weighted by molar-refractivity contribution is 5.88. The Bertz CT molecular complexity index is 840. The maximum absolute atomic E-state index is 11.6. The van der Waals surface area contributed by atoms with Gasteiger partial charge in [0.15, 0.2) is 5.69 Å². The number of nitro groups is 1.